The first-order valence-electron chi connectivity index (χ1n) is 7.43. The summed E-state index contributed by atoms with van der Waals surface area (Å²) in [4.78, 5) is 4.25. The van der Waals surface area contributed by atoms with Gasteiger partial charge >= 0.3 is 0 Å². The first-order valence-corrected chi connectivity index (χ1v) is 7.43. The van der Waals surface area contributed by atoms with Crippen LogP contribution in [0.1, 0.15) is 39.0 Å². The van der Waals surface area contributed by atoms with Crippen molar-refractivity contribution in [3.63, 3.8) is 0 Å². The predicted molar refractivity (Wildman–Crippen MR) is 79.7 cm³/mol. The van der Waals surface area contributed by atoms with Crippen LogP contribution in [0.3, 0.4) is 0 Å². The van der Waals surface area contributed by atoms with Crippen molar-refractivity contribution >= 4 is 11.4 Å². The van der Waals surface area contributed by atoms with Crippen LogP contribution in [-0.4, -0.2) is 30.8 Å². The number of anilines is 2. The van der Waals surface area contributed by atoms with E-state index in [4.69, 9.17) is 4.74 Å². The minimum atomic E-state index is 0.440. The zero-order chi connectivity index (χ0) is 13.3. The molecule has 1 aliphatic heterocycles. The van der Waals surface area contributed by atoms with Gasteiger partial charge < -0.3 is 15.4 Å². The van der Waals surface area contributed by atoms with Crippen molar-refractivity contribution in [2.45, 2.75) is 45.1 Å². The van der Waals surface area contributed by atoms with Crippen molar-refractivity contribution in [3.05, 3.63) is 18.5 Å². The van der Waals surface area contributed by atoms with Crippen LogP contribution >= 0.6 is 0 Å². The molecule has 1 fully saturated rings. The Bertz CT molecular complexity index is 364. The van der Waals surface area contributed by atoms with E-state index in [0.29, 0.717) is 6.10 Å². The third-order valence-corrected chi connectivity index (χ3v) is 3.39. The molecule has 0 saturated carbocycles. The van der Waals surface area contributed by atoms with E-state index in [1.165, 1.54) is 19.3 Å². The van der Waals surface area contributed by atoms with Crippen molar-refractivity contribution in [2.75, 3.05) is 30.3 Å². The third-order valence-electron chi connectivity index (χ3n) is 3.39. The van der Waals surface area contributed by atoms with Crippen molar-refractivity contribution in [1.29, 1.82) is 0 Å². The fourth-order valence-corrected chi connectivity index (χ4v) is 2.32. The zero-order valence-corrected chi connectivity index (χ0v) is 11.8. The minimum Gasteiger partial charge on any atom is -0.384 e. The lowest BCUT2D eigenvalue weighted by atomic mass is 10.1. The quantitative estimate of drug-likeness (QED) is 0.792. The van der Waals surface area contributed by atoms with Gasteiger partial charge in [-0.15, -0.1) is 0 Å². The standard InChI is InChI=1S/C15H25N3O/c1-2-7-17-13-10-14(12-16-11-13)18-8-6-15-5-3-4-9-19-15/h10-12,15,17-18H,2-9H2,1H3. The van der Waals surface area contributed by atoms with Gasteiger partial charge in [0.25, 0.3) is 0 Å². The minimum absolute atomic E-state index is 0.440. The van der Waals surface area contributed by atoms with Crippen LogP contribution in [0.5, 0.6) is 0 Å². The SMILES string of the molecule is CCCNc1cncc(NCCC2CCCCO2)c1. The first kappa shape index (κ1) is 14.1. The molecule has 4 nitrogen and oxygen atoms in total. The Hall–Kier alpha value is -1.29. The number of aromatic nitrogens is 1. The normalized spacial score (nSPS) is 19.1. The largest absolute Gasteiger partial charge is 0.384 e. The molecule has 0 aromatic carbocycles. The van der Waals surface area contributed by atoms with E-state index in [9.17, 15) is 0 Å². The lowest BCUT2D eigenvalue weighted by Gasteiger charge is -2.22. The number of rotatable bonds is 7. The van der Waals surface area contributed by atoms with Crippen molar-refractivity contribution in [2.24, 2.45) is 0 Å². The molecule has 1 aromatic heterocycles. The van der Waals surface area contributed by atoms with E-state index in [2.05, 4.69) is 28.6 Å². The second-order valence-corrected chi connectivity index (χ2v) is 5.09. The van der Waals surface area contributed by atoms with Gasteiger partial charge in [0, 0.05) is 19.7 Å². The molecule has 0 amide bonds. The summed E-state index contributed by atoms with van der Waals surface area (Å²) in [5.41, 5.74) is 2.16. The maximum Gasteiger partial charge on any atom is 0.0591 e. The second kappa shape index (κ2) is 8.00. The zero-order valence-electron chi connectivity index (χ0n) is 11.8. The Morgan fingerprint density at radius 3 is 2.68 bits per heavy atom. The molecule has 1 aliphatic rings. The number of nitrogens with one attached hydrogen (secondary N) is 2. The number of pyridine rings is 1. The van der Waals surface area contributed by atoms with Crippen molar-refractivity contribution < 1.29 is 4.74 Å². The smallest absolute Gasteiger partial charge is 0.0591 e. The van der Waals surface area contributed by atoms with Gasteiger partial charge in [-0.3, -0.25) is 4.98 Å². The molecular formula is C15H25N3O. The summed E-state index contributed by atoms with van der Waals surface area (Å²) >= 11 is 0. The predicted octanol–water partition coefficient (Wildman–Crippen LogP) is 3.27. The summed E-state index contributed by atoms with van der Waals surface area (Å²) in [6.45, 7) is 5.03. The van der Waals surface area contributed by atoms with Gasteiger partial charge in [-0.05, 0) is 38.2 Å². The Balaban J connectivity index is 1.72. The van der Waals surface area contributed by atoms with Gasteiger partial charge in [0.2, 0.25) is 0 Å². The molecule has 1 saturated heterocycles. The molecule has 0 spiro atoms. The van der Waals surface area contributed by atoms with E-state index >= 15 is 0 Å². The van der Waals surface area contributed by atoms with E-state index in [1.54, 1.807) is 0 Å². The highest BCUT2D eigenvalue weighted by molar-refractivity contribution is 5.53. The van der Waals surface area contributed by atoms with Gasteiger partial charge in [-0.2, -0.15) is 0 Å². The summed E-state index contributed by atoms with van der Waals surface area (Å²) < 4.78 is 5.72. The van der Waals surface area contributed by atoms with Crippen molar-refractivity contribution in [3.8, 4) is 0 Å². The van der Waals surface area contributed by atoms with Crippen LogP contribution in [0.2, 0.25) is 0 Å². The molecule has 1 unspecified atom stereocenters. The molecule has 2 rings (SSSR count). The molecule has 0 bridgehead atoms. The van der Waals surface area contributed by atoms with Crippen LogP contribution in [0.25, 0.3) is 0 Å². The lowest BCUT2D eigenvalue weighted by Crippen LogP contribution is -2.22. The van der Waals surface area contributed by atoms with Gasteiger partial charge in [-0.1, -0.05) is 6.92 Å². The number of ether oxygens (including phenoxy) is 1. The molecule has 0 radical (unpaired) electrons. The van der Waals surface area contributed by atoms with E-state index in [-0.39, 0.29) is 0 Å². The fourth-order valence-electron chi connectivity index (χ4n) is 2.32. The van der Waals surface area contributed by atoms with Crippen LogP contribution < -0.4 is 10.6 Å². The summed E-state index contributed by atoms with van der Waals surface area (Å²) in [5.74, 6) is 0. The van der Waals surface area contributed by atoms with Crippen LogP contribution in [0.4, 0.5) is 11.4 Å². The molecule has 106 valence electrons. The fraction of sp³-hybridized carbons (Fsp3) is 0.667. The first-order chi connectivity index (χ1) is 9.38. The van der Waals surface area contributed by atoms with Crippen LogP contribution in [0, 0.1) is 0 Å². The highest BCUT2D eigenvalue weighted by Gasteiger charge is 2.12. The Labute approximate surface area is 116 Å². The van der Waals surface area contributed by atoms with Gasteiger partial charge in [-0.25, -0.2) is 0 Å². The highest BCUT2D eigenvalue weighted by Crippen LogP contribution is 2.17. The van der Waals surface area contributed by atoms with E-state index < -0.39 is 0 Å². The molecular weight excluding hydrogens is 238 g/mol. The average Bonchev–Trinajstić information content (AvgIpc) is 2.47. The third kappa shape index (κ3) is 5.07. The summed E-state index contributed by atoms with van der Waals surface area (Å²) in [7, 11) is 0. The van der Waals surface area contributed by atoms with Gasteiger partial charge in [0.1, 0.15) is 0 Å². The lowest BCUT2D eigenvalue weighted by molar-refractivity contribution is 0.0134. The molecule has 4 heteroatoms. The van der Waals surface area contributed by atoms with Crippen LogP contribution in [-0.2, 0) is 4.74 Å². The van der Waals surface area contributed by atoms with E-state index in [0.717, 1.165) is 43.9 Å². The number of hydrogen-bond donors (Lipinski definition) is 2. The molecule has 2 N–H and O–H groups in total. The number of hydrogen-bond acceptors (Lipinski definition) is 4. The number of nitrogens with zero attached hydrogens (tertiary/aromatic N) is 1. The summed E-state index contributed by atoms with van der Waals surface area (Å²) in [6, 6.07) is 2.12. The maximum absolute atomic E-state index is 5.72. The Kier molecular flexibility index (Phi) is 5.95. The molecule has 0 aliphatic carbocycles. The van der Waals surface area contributed by atoms with Crippen molar-refractivity contribution in [1.82, 2.24) is 4.98 Å². The summed E-state index contributed by atoms with van der Waals surface area (Å²) in [5, 5.41) is 6.77. The average molecular weight is 263 g/mol. The molecule has 2 heterocycles. The molecule has 19 heavy (non-hydrogen) atoms. The summed E-state index contributed by atoms with van der Waals surface area (Å²) in [6.07, 6.45) is 10.1. The van der Waals surface area contributed by atoms with E-state index in [1.807, 2.05) is 12.4 Å². The van der Waals surface area contributed by atoms with Gasteiger partial charge in [0.05, 0.1) is 29.9 Å². The second-order valence-electron chi connectivity index (χ2n) is 5.09. The van der Waals surface area contributed by atoms with Gasteiger partial charge in [0.15, 0.2) is 0 Å². The monoisotopic (exact) mass is 263 g/mol. The molecule has 1 aromatic rings. The van der Waals surface area contributed by atoms with Crippen LogP contribution in [0.15, 0.2) is 18.5 Å². The maximum atomic E-state index is 5.72. The topological polar surface area (TPSA) is 46.2 Å². The highest BCUT2D eigenvalue weighted by atomic mass is 16.5. The Morgan fingerprint density at radius 2 is 2.00 bits per heavy atom. The Morgan fingerprint density at radius 1 is 1.21 bits per heavy atom. The molecule has 1 atom stereocenters.